The lowest BCUT2D eigenvalue weighted by molar-refractivity contribution is 1.18. The van der Waals surface area contributed by atoms with Crippen LogP contribution in [0.15, 0.2) is 230 Å². The largest absolute Gasteiger partial charge is 0.309 e. The molecule has 63 heavy (non-hydrogen) atoms. The summed E-state index contributed by atoms with van der Waals surface area (Å²) in [6.45, 7) is 0. The minimum atomic E-state index is -1.05. The molecule has 0 atom stereocenters. The van der Waals surface area contributed by atoms with E-state index in [-0.39, 0.29) is 53.4 Å². The summed E-state index contributed by atoms with van der Waals surface area (Å²) >= 11 is 0.628. The van der Waals surface area contributed by atoms with Crippen LogP contribution in [0.5, 0.6) is 0 Å². The highest BCUT2D eigenvalue weighted by molar-refractivity contribution is 7.26. The number of rotatable bonds is 6. The van der Waals surface area contributed by atoms with Crippen molar-refractivity contribution in [2.45, 2.75) is 0 Å². The second-order valence-electron chi connectivity index (χ2n) is 14.0. The summed E-state index contributed by atoms with van der Waals surface area (Å²) in [6.07, 6.45) is 0. The summed E-state index contributed by atoms with van der Waals surface area (Å²) in [7, 11) is 0. The molecular formula is C60H38N2S. The topological polar surface area (TPSA) is 9.86 Å². The fourth-order valence-electron chi connectivity index (χ4n) is 7.63. The predicted molar refractivity (Wildman–Crippen MR) is 270 cm³/mol. The first-order valence-corrected chi connectivity index (χ1v) is 19.8. The Labute approximate surface area is 413 Å². The summed E-state index contributed by atoms with van der Waals surface area (Å²) in [4.78, 5) is 0. The highest BCUT2D eigenvalue weighted by Gasteiger charge is 2.19. The molecule has 0 amide bonds. The van der Waals surface area contributed by atoms with Crippen LogP contribution in [0.2, 0.25) is 0 Å². The summed E-state index contributed by atoms with van der Waals surface area (Å²) < 4.78 is 294. The lowest BCUT2D eigenvalue weighted by Crippen LogP contribution is -1.94. The summed E-state index contributed by atoms with van der Waals surface area (Å²) in [6, 6.07) is -17.7. The van der Waals surface area contributed by atoms with Crippen LogP contribution >= 0.6 is 11.3 Å². The van der Waals surface area contributed by atoms with E-state index in [1.54, 1.807) is 30.3 Å². The number of hydrogen-bond acceptors (Lipinski definition) is 1. The van der Waals surface area contributed by atoms with Crippen molar-refractivity contribution in [3.05, 3.63) is 230 Å². The van der Waals surface area contributed by atoms with Gasteiger partial charge in [-0.2, -0.15) is 0 Å². The van der Waals surface area contributed by atoms with E-state index in [1.165, 1.54) is 4.57 Å². The lowest BCUT2D eigenvalue weighted by atomic mass is 9.97. The van der Waals surface area contributed by atoms with Crippen molar-refractivity contribution in [3.63, 3.8) is 0 Å². The van der Waals surface area contributed by atoms with Gasteiger partial charge in [0.1, 0.15) is 0 Å². The summed E-state index contributed by atoms with van der Waals surface area (Å²) in [5.41, 5.74) is -7.42. The molecule has 0 N–H and O–H groups in total. The van der Waals surface area contributed by atoms with Crippen molar-refractivity contribution in [2.75, 3.05) is 0 Å². The van der Waals surface area contributed by atoms with Crippen molar-refractivity contribution in [3.8, 4) is 55.9 Å². The maximum absolute atomic E-state index is 10.1. The highest BCUT2D eigenvalue weighted by Crippen LogP contribution is 2.43. The molecule has 0 bridgehead atoms. The molecule has 0 saturated carbocycles. The van der Waals surface area contributed by atoms with Crippen LogP contribution in [-0.2, 0) is 0 Å². The Morgan fingerprint density at radius 2 is 0.841 bits per heavy atom. The van der Waals surface area contributed by atoms with Gasteiger partial charge in [0.2, 0.25) is 0 Å². The molecule has 0 aliphatic carbocycles. The van der Waals surface area contributed by atoms with E-state index in [9.17, 15) is 24.7 Å². The monoisotopic (exact) mass is 850 g/mol. The Bertz CT molecular complexity index is 5750. The van der Waals surface area contributed by atoms with Crippen LogP contribution in [0.3, 0.4) is 0 Å². The first kappa shape index (κ1) is 16.4. The molecule has 3 heteroatoms. The molecule has 2 nitrogen and oxygen atoms in total. The number of thiophene rings is 1. The van der Waals surface area contributed by atoms with E-state index in [0.29, 0.717) is 11.3 Å². The predicted octanol–water partition coefficient (Wildman–Crippen LogP) is 16.9. The second-order valence-corrected chi connectivity index (χ2v) is 15.0. The maximum atomic E-state index is 10.1. The number of benzene rings is 10. The van der Waals surface area contributed by atoms with Gasteiger partial charge in [-0.1, -0.05) is 163 Å². The van der Waals surface area contributed by atoms with Gasteiger partial charge in [-0.05, 0) is 111 Å². The van der Waals surface area contributed by atoms with E-state index in [4.69, 9.17) is 19.2 Å². The van der Waals surface area contributed by atoms with Crippen molar-refractivity contribution in [1.29, 1.82) is 0 Å². The van der Waals surface area contributed by atoms with Crippen molar-refractivity contribution in [2.24, 2.45) is 0 Å². The number of hydrogen-bond donors (Lipinski definition) is 0. The van der Waals surface area contributed by atoms with Crippen molar-refractivity contribution in [1.82, 2.24) is 9.13 Å². The van der Waals surface area contributed by atoms with Gasteiger partial charge in [0, 0.05) is 42.7 Å². The molecule has 0 saturated heterocycles. The Hall–Kier alpha value is -7.98. The van der Waals surface area contributed by atoms with Gasteiger partial charge in [-0.3, -0.25) is 0 Å². The Morgan fingerprint density at radius 1 is 0.317 bits per heavy atom. The molecule has 10 aromatic carbocycles. The smallest absolute Gasteiger partial charge is 0.0652 e. The van der Waals surface area contributed by atoms with Gasteiger partial charge in [0.25, 0.3) is 0 Å². The molecule has 13 aromatic rings. The minimum absolute atomic E-state index is 0.166. The molecule has 3 heterocycles. The lowest BCUT2D eigenvalue weighted by Gasteiger charge is -2.10. The van der Waals surface area contributed by atoms with Crippen LogP contribution in [0.4, 0.5) is 0 Å². The molecule has 0 fully saturated rings. The molecule has 0 unspecified atom stereocenters. The third-order valence-corrected chi connectivity index (χ3v) is 11.5. The van der Waals surface area contributed by atoms with Crippen LogP contribution < -0.4 is 0 Å². The molecule has 0 spiro atoms. The number of nitrogens with zero attached hydrogens (tertiary/aromatic N) is 2. The van der Waals surface area contributed by atoms with Crippen LogP contribution in [-0.4, -0.2) is 9.13 Å². The zero-order valence-corrected chi connectivity index (χ0v) is 32.6. The third-order valence-electron chi connectivity index (χ3n) is 10.4. The third kappa shape index (κ3) is 5.78. The summed E-state index contributed by atoms with van der Waals surface area (Å²) in [5.74, 6) is 0. The van der Waals surface area contributed by atoms with Gasteiger partial charge in [-0.25, -0.2) is 0 Å². The maximum Gasteiger partial charge on any atom is 0.0652 e. The van der Waals surface area contributed by atoms with Gasteiger partial charge >= 0.3 is 0 Å². The van der Waals surface area contributed by atoms with Gasteiger partial charge in [0.05, 0.1) is 76.3 Å². The highest BCUT2D eigenvalue weighted by atomic mass is 32.1. The van der Waals surface area contributed by atoms with E-state index in [0.717, 1.165) is 10.6 Å². The molecule has 13 rings (SSSR count). The van der Waals surface area contributed by atoms with E-state index >= 15 is 0 Å². The molecule has 0 aliphatic rings. The summed E-state index contributed by atoms with van der Waals surface area (Å²) in [5, 5.41) is -2.15. The van der Waals surface area contributed by atoms with E-state index in [1.807, 2.05) is 0 Å². The van der Waals surface area contributed by atoms with E-state index in [2.05, 4.69) is 0 Å². The minimum Gasteiger partial charge on any atom is -0.309 e. The quantitative estimate of drug-likeness (QED) is 0.158. The first-order valence-electron chi connectivity index (χ1n) is 35.0. The van der Waals surface area contributed by atoms with Crippen LogP contribution in [0, 0.1) is 0 Å². The van der Waals surface area contributed by atoms with Gasteiger partial charge < -0.3 is 9.13 Å². The second kappa shape index (κ2) is 14.3. The SMILES string of the molecule is [2H]c1cc(-n2c3c([2H])c([2H])c([2H])c([2H])c3c3c([2H])c(-c4c([2H])c([2H])c5c6c([2H])c([2H])c([2H])c([2H])c6n(-c6ccccc6)c5c4[2H])c([2H])c([2H])c32)c2sc3c([2H])c([2H])c(-c4c([2H])c([2H])c(-c5c([2H])c([2H])c([2H])c(-c6c([2H])c([2H])c([2H])c([2H])c6[2H])c5[2H])c([2H])c4[2H])c([2H])c3c2c1[2H]. The van der Waals surface area contributed by atoms with Gasteiger partial charge in [0.15, 0.2) is 0 Å². The molecule has 0 radical (unpaired) electrons. The Balaban J connectivity index is 1.10. The van der Waals surface area contributed by atoms with Gasteiger partial charge in [-0.15, -0.1) is 11.3 Å². The first-order chi connectivity index (χ1) is 44.6. The number of para-hydroxylation sites is 3. The molecule has 294 valence electrons. The van der Waals surface area contributed by atoms with Crippen molar-refractivity contribution < 1.29 is 43.9 Å². The van der Waals surface area contributed by atoms with Crippen LogP contribution in [0.1, 0.15) is 43.9 Å². The van der Waals surface area contributed by atoms with Crippen molar-refractivity contribution >= 4 is 75.1 Å². The Kier molecular flexibility index (Phi) is 3.72. The molecule has 3 aromatic heterocycles. The fourth-order valence-corrected chi connectivity index (χ4v) is 8.70. The molecule has 0 aliphatic heterocycles. The Morgan fingerprint density at radius 3 is 1.62 bits per heavy atom. The average molecular weight is 851 g/mol. The fraction of sp³-hybridized carbons (Fsp3) is 0. The normalized spacial score (nSPS) is 18.9. The molecular weight excluding hydrogens is 781 g/mol. The number of fused-ring (bicyclic) bond motifs is 9. The number of aromatic nitrogens is 2. The zero-order valence-electron chi connectivity index (χ0n) is 63.8. The van der Waals surface area contributed by atoms with E-state index < -0.39 is 260 Å². The van der Waals surface area contributed by atoms with Crippen LogP contribution in [0.25, 0.3) is 120 Å². The average Bonchev–Trinajstić information content (AvgIpc) is 1.57. The standard InChI is InChI=1S/C60H38N2S/c1-3-13-39(14-4-1)42-15-11-16-43(35-42)40-25-27-41(28-26-40)44-31-34-59-53(37-44)51-21-12-24-57(60(51)63-59)62-55-23-10-8-20-49(55)52-36-45(30-33-56(52)62)46-29-32-50-48-19-7-9-22-54(48)61(58(50)38-46)47-17-5-2-6-18-47/h1-38H/i1D,3D,4D,7D,8D,9D,10D,11D,12D,13D,14D,15D,16D,19D,20D,21D,22D,23D,25D,26D,27D,28D,29D,30D,31D,32D,33D,34D,35D,36D,37D,38D. The zero-order chi connectivity index (χ0) is 69.3.